The first-order valence-electron chi connectivity index (χ1n) is 6.65. The van der Waals surface area contributed by atoms with Gasteiger partial charge in [0.05, 0.1) is 26.5 Å². The van der Waals surface area contributed by atoms with Crippen molar-refractivity contribution >= 4 is 12.0 Å². The van der Waals surface area contributed by atoms with E-state index in [1.165, 1.54) is 4.90 Å². The van der Waals surface area contributed by atoms with Crippen molar-refractivity contribution in [3.63, 3.8) is 0 Å². The summed E-state index contributed by atoms with van der Waals surface area (Å²) in [5.41, 5.74) is 5.44. The Bertz CT molecular complexity index is 393. The number of aliphatic hydroxyl groups is 1. The van der Waals surface area contributed by atoms with Crippen LogP contribution >= 0.6 is 0 Å². The van der Waals surface area contributed by atoms with Gasteiger partial charge in [0.25, 0.3) is 6.48 Å². The minimum Gasteiger partial charge on any atom is -0.394 e. The number of amides is 2. The number of nitrogens with one attached hydrogen (secondary N) is 1. The molecule has 21 heavy (non-hydrogen) atoms. The fourth-order valence-electron chi connectivity index (χ4n) is 1.98. The third-order valence-electron chi connectivity index (χ3n) is 2.88. The second-order valence-electron chi connectivity index (χ2n) is 4.32. The Hall–Kier alpha value is -1.46. The highest BCUT2D eigenvalue weighted by Crippen LogP contribution is 2.21. The Morgan fingerprint density at radius 1 is 1.67 bits per heavy atom. The van der Waals surface area contributed by atoms with E-state index in [9.17, 15) is 4.79 Å². The predicted molar refractivity (Wildman–Crippen MR) is 69.9 cm³/mol. The number of nitrogens with zero attached hydrogens (tertiary/aromatic N) is 2. The molecule has 1 unspecified atom stereocenters. The Morgan fingerprint density at radius 2 is 2.48 bits per heavy atom. The standard InChI is InChI=1S/C11H20N4O6/c1-2-18-11-20-5-7(21-11)8(19-4-3-16)15-6-13-9(12)14-10(15)17/h7-8,11,16H,2-6H2,1H3,(H3,12,13,14,17)/t7-,8+,11?/m0/s1. The van der Waals surface area contributed by atoms with Gasteiger partial charge in [-0.2, -0.15) is 4.99 Å². The largest absolute Gasteiger partial charge is 0.394 e. The molecule has 0 spiro atoms. The fraction of sp³-hybridized carbons (Fsp3) is 0.818. The molecule has 10 heteroatoms. The van der Waals surface area contributed by atoms with Crippen LogP contribution in [0.15, 0.2) is 4.99 Å². The summed E-state index contributed by atoms with van der Waals surface area (Å²) < 4.78 is 21.5. The zero-order valence-corrected chi connectivity index (χ0v) is 11.7. The number of aliphatic hydroxyl groups excluding tert-OH is 1. The number of aliphatic imine (C=N–C) groups is 1. The third kappa shape index (κ3) is 4.02. The van der Waals surface area contributed by atoms with E-state index in [1.54, 1.807) is 0 Å². The van der Waals surface area contributed by atoms with Gasteiger partial charge in [0, 0.05) is 6.61 Å². The Labute approximate surface area is 121 Å². The zero-order valence-electron chi connectivity index (χ0n) is 11.7. The van der Waals surface area contributed by atoms with Gasteiger partial charge in [-0.1, -0.05) is 0 Å². The molecule has 0 aromatic rings. The average molecular weight is 304 g/mol. The van der Waals surface area contributed by atoms with Gasteiger partial charge in [-0.05, 0) is 6.92 Å². The van der Waals surface area contributed by atoms with E-state index in [-0.39, 0.29) is 32.4 Å². The molecule has 1 fully saturated rings. The summed E-state index contributed by atoms with van der Waals surface area (Å²) in [4.78, 5) is 16.9. The van der Waals surface area contributed by atoms with Crippen molar-refractivity contribution < 1.29 is 28.8 Å². The molecule has 0 aromatic carbocycles. The first-order chi connectivity index (χ1) is 10.2. The lowest BCUT2D eigenvalue weighted by Gasteiger charge is -2.34. The molecule has 2 aliphatic heterocycles. The Kier molecular flexibility index (Phi) is 5.70. The molecule has 2 heterocycles. The summed E-state index contributed by atoms with van der Waals surface area (Å²) in [5, 5.41) is 11.7. The molecule has 10 nitrogen and oxygen atoms in total. The number of ether oxygens (including phenoxy) is 4. The van der Waals surface area contributed by atoms with E-state index in [0.29, 0.717) is 6.61 Å². The number of guanidine groups is 1. The van der Waals surface area contributed by atoms with Gasteiger partial charge in [0.15, 0.2) is 12.2 Å². The topological polar surface area (TPSA) is 128 Å². The highest BCUT2D eigenvalue weighted by atomic mass is 16.9. The summed E-state index contributed by atoms with van der Waals surface area (Å²) in [5.74, 6) is 0.0490. The molecule has 0 saturated carbocycles. The van der Waals surface area contributed by atoms with Crippen molar-refractivity contribution in [3.05, 3.63) is 0 Å². The van der Waals surface area contributed by atoms with Crippen LogP contribution in [-0.4, -0.2) is 73.9 Å². The molecule has 3 atom stereocenters. The van der Waals surface area contributed by atoms with Crippen LogP contribution in [0, 0.1) is 0 Å². The van der Waals surface area contributed by atoms with Crippen LogP contribution in [-0.2, 0) is 18.9 Å². The summed E-state index contributed by atoms with van der Waals surface area (Å²) in [7, 11) is 0. The van der Waals surface area contributed by atoms with Crippen molar-refractivity contribution in [1.82, 2.24) is 10.2 Å². The number of nitrogens with two attached hydrogens (primary N) is 1. The number of hydrogen-bond donors (Lipinski definition) is 3. The van der Waals surface area contributed by atoms with Crippen LogP contribution in [0.4, 0.5) is 4.79 Å². The van der Waals surface area contributed by atoms with E-state index in [2.05, 4.69) is 10.3 Å². The van der Waals surface area contributed by atoms with E-state index in [0.717, 1.165) is 0 Å². The Balaban J connectivity index is 2.03. The van der Waals surface area contributed by atoms with Gasteiger partial charge < -0.3 is 35.1 Å². The van der Waals surface area contributed by atoms with E-state index < -0.39 is 24.8 Å². The lowest BCUT2D eigenvalue weighted by Crippen LogP contribution is -2.57. The highest BCUT2D eigenvalue weighted by molar-refractivity contribution is 5.93. The Morgan fingerprint density at radius 3 is 3.14 bits per heavy atom. The molecular weight excluding hydrogens is 284 g/mol. The molecule has 0 aromatic heterocycles. The molecule has 120 valence electrons. The molecule has 1 saturated heterocycles. The molecule has 2 aliphatic rings. The van der Waals surface area contributed by atoms with Crippen LogP contribution in [0.25, 0.3) is 0 Å². The van der Waals surface area contributed by atoms with Gasteiger partial charge in [-0.3, -0.25) is 4.90 Å². The van der Waals surface area contributed by atoms with Crippen LogP contribution in [0.3, 0.4) is 0 Å². The third-order valence-corrected chi connectivity index (χ3v) is 2.88. The van der Waals surface area contributed by atoms with E-state index in [4.69, 9.17) is 29.8 Å². The number of rotatable bonds is 7. The van der Waals surface area contributed by atoms with Crippen LogP contribution < -0.4 is 11.1 Å². The van der Waals surface area contributed by atoms with Gasteiger partial charge in [-0.25, -0.2) is 4.79 Å². The van der Waals surface area contributed by atoms with Crippen molar-refractivity contribution in [2.24, 2.45) is 10.7 Å². The van der Waals surface area contributed by atoms with E-state index in [1.807, 2.05) is 6.92 Å². The van der Waals surface area contributed by atoms with Crippen molar-refractivity contribution in [3.8, 4) is 0 Å². The summed E-state index contributed by atoms with van der Waals surface area (Å²) in [6.45, 7) is 1.65. The molecule has 4 N–H and O–H groups in total. The maximum atomic E-state index is 11.9. The lowest BCUT2D eigenvalue weighted by molar-refractivity contribution is -0.247. The van der Waals surface area contributed by atoms with Gasteiger partial charge in [0.2, 0.25) is 0 Å². The molecule has 0 aliphatic carbocycles. The number of carbonyl (C=O) groups is 1. The molecular formula is C11H20N4O6. The first-order valence-corrected chi connectivity index (χ1v) is 6.65. The minimum atomic E-state index is -0.790. The second kappa shape index (κ2) is 7.52. The quantitative estimate of drug-likeness (QED) is 0.510. The SMILES string of the molecule is CCOC1OC[C@@H]([C@@H](OCCO)N2CNC(N)=NC2=O)O1. The number of carbonyl (C=O) groups excluding carboxylic acids is 1. The first kappa shape index (κ1) is 15.9. The lowest BCUT2D eigenvalue weighted by atomic mass is 10.3. The fourth-order valence-corrected chi connectivity index (χ4v) is 1.98. The number of urea groups is 1. The van der Waals surface area contributed by atoms with Crippen molar-refractivity contribution in [1.29, 1.82) is 0 Å². The monoisotopic (exact) mass is 304 g/mol. The molecule has 0 bridgehead atoms. The predicted octanol–water partition coefficient (Wildman–Crippen LogP) is -1.65. The van der Waals surface area contributed by atoms with Gasteiger partial charge >= 0.3 is 6.03 Å². The zero-order chi connectivity index (χ0) is 15.2. The summed E-state index contributed by atoms with van der Waals surface area (Å²) in [6, 6.07) is -0.544. The maximum absolute atomic E-state index is 11.9. The molecule has 2 rings (SSSR count). The summed E-state index contributed by atoms with van der Waals surface area (Å²) in [6.07, 6.45) is -1.31. The highest BCUT2D eigenvalue weighted by Gasteiger charge is 2.40. The molecule has 2 amide bonds. The van der Waals surface area contributed by atoms with Crippen molar-refractivity contribution in [2.75, 3.05) is 33.1 Å². The molecule has 0 radical (unpaired) electrons. The van der Waals surface area contributed by atoms with Crippen LogP contribution in [0.1, 0.15) is 6.92 Å². The van der Waals surface area contributed by atoms with Gasteiger partial charge in [-0.15, -0.1) is 0 Å². The second-order valence-corrected chi connectivity index (χ2v) is 4.32. The maximum Gasteiger partial charge on any atom is 0.350 e. The normalized spacial score (nSPS) is 27.4. The summed E-state index contributed by atoms with van der Waals surface area (Å²) >= 11 is 0. The van der Waals surface area contributed by atoms with Gasteiger partial charge in [0.1, 0.15) is 6.10 Å². The van der Waals surface area contributed by atoms with Crippen LogP contribution in [0.5, 0.6) is 0 Å². The average Bonchev–Trinajstić information content (AvgIpc) is 2.90. The minimum absolute atomic E-state index is 0.0484. The number of hydrogen-bond acceptors (Lipinski definition) is 8. The van der Waals surface area contributed by atoms with E-state index >= 15 is 0 Å². The smallest absolute Gasteiger partial charge is 0.350 e. The van der Waals surface area contributed by atoms with Crippen LogP contribution in [0.2, 0.25) is 0 Å². The van der Waals surface area contributed by atoms with Crippen molar-refractivity contribution in [2.45, 2.75) is 25.7 Å².